The Hall–Kier alpha value is -1.60. The van der Waals surface area contributed by atoms with E-state index in [1.54, 1.807) is 0 Å². The average molecular weight is 466 g/mol. The van der Waals surface area contributed by atoms with Gasteiger partial charge >= 0.3 is 0 Å². The third-order valence-corrected chi connectivity index (χ3v) is 4.77. The van der Waals surface area contributed by atoms with Crippen LogP contribution < -0.4 is 33.3 Å². The topological polar surface area (TPSA) is 38.3 Å². The van der Waals surface area contributed by atoms with Crippen LogP contribution in [0.15, 0.2) is 42.5 Å². The number of ether oxygens (including phenoxy) is 1. The molecule has 0 amide bonds. The summed E-state index contributed by atoms with van der Waals surface area (Å²) in [6.07, 6.45) is 0.343. The summed E-state index contributed by atoms with van der Waals surface area (Å²) >= 11 is 0. The first-order valence-corrected chi connectivity index (χ1v) is 8.86. The zero-order chi connectivity index (χ0) is 18.0. The van der Waals surface area contributed by atoms with Gasteiger partial charge in [0, 0.05) is 6.42 Å². The smallest absolute Gasteiger partial charge is 0.256 e. The fourth-order valence-electron chi connectivity index (χ4n) is 3.54. The Kier molecular flexibility index (Phi) is 7.06. The van der Waals surface area contributed by atoms with Gasteiger partial charge in [0.25, 0.3) is 5.82 Å². The van der Waals surface area contributed by atoms with Crippen molar-refractivity contribution >= 4 is 11.0 Å². The molecule has 26 heavy (non-hydrogen) atoms. The van der Waals surface area contributed by atoms with Crippen molar-refractivity contribution in [3.8, 4) is 5.75 Å². The lowest BCUT2D eigenvalue weighted by Gasteiger charge is -2.15. The van der Waals surface area contributed by atoms with E-state index in [4.69, 9.17) is 4.74 Å². The van der Waals surface area contributed by atoms with Gasteiger partial charge in [-0.3, -0.25) is 0 Å². The van der Waals surface area contributed by atoms with Crippen molar-refractivity contribution in [2.45, 2.75) is 39.8 Å². The lowest BCUT2D eigenvalue weighted by molar-refractivity contribution is -0.653. The van der Waals surface area contributed by atoms with E-state index in [0.29, 0.717) is 6.54 Å². The normalized spacial score (nSPS) is 12.0. The van der Waals surface area contributed by atoms with E-state index in [0.717, 1.165) is 28.8 Å². The number of benzene rings is 2. The number of aromatic nitrogens is 2. The Bertz CT molecular complexity index is 869. The zero-order valence-corrected chi connectivity index (χ0v) is 18.0. The summed E-state index contributed by atoms with van der Waals surface area (Å²) in [7, 11) is 2.08. The molecule has 2 aromatic carbocycles. The van der Waals surface area contributed by atoms with Crippen LogP contribution in [0.3, 0.4) is 0 Å². The van der Waals surface area contributed by atoms with Gasteiger partial charge in [0.1, 0.15) is 25.0 Å². The lowest BCUT2D eigenvalue weighted by Crippen LogP contribution is -3.00. The molecule has 0 bridgehead atoms. The number of nitrogens with zero attached hydrogens (tertiary/aromatic N) is 2. The van der Waals surface area contributed by atoms with Gasteiger partial charge in [-0.1, -0.05) is 37.3 Å². The van der Waals surface area contributed by atoms with E-state index in [9.17, 15) is 5.11 Å². The monoisotopic (exact) mass is 466 g/mol. The van der Waals surface area contributed by atoms with Crippen molar-refractivity contribution in [2.24, 2.45) is 7.05 Å². The number of halogens is 1. The molecule has 0 aliphatic carbocycles. The number of imidazole rings is 1. The minimum atomic E-state index is -0.569. The Balaban J connectivity index is 0.00000243. The molecule has 1 N–H and O–H groups in total. The van der Waals surface area contributed by atoms with Gasteiger partial charge in [-0.2, -0.15) is 0 Å². The minimum absolute atomic E-state index is 0. The van der Waals surface area contributed by atoms with E-state index in [-0.39, 0.29) is 30.6 Å². The van der Waals surface area contributed by atoms with E-state index >= 15 is 0 Å². The van der Waals surface area contributed by atoms with Crippen LogP contribution >= 0.6 is 0 Å². The summed E-state index contributed by atoms with van der Waals surface area (Å²) in [6, 6.07) is 14.4. The maximum atomic E-state index is 10.6. The van der Waals surface area contributed by atoms with Gasteiger partial charge in [-0.25, -0.2) is 9.13 Å². The molecule has 0 aliphatic rings. The third-order valence-electron chi connectivity index (χ3n) is 4.77. The number of hydrogen-bond donors (Lipinski definition) is 1. The molecule has 0 saturated carbocycles. The van der Waals surface area contributed by atoms with E-state index < -0.39 is 6.10 Å². The van der Waals surface area contributed by atoms with Crippen molar-refractivity contribution in [3.63, 3.8) is 0 Å². The number of rotatable bonds is 6. The van der Waals surface area contributed by atoms with E-state index in [1.165, 1.54) is 11.3 Å². The Labute approximate surface area is 172 Å². The molecule has 0 fully saturated rings. The number of hydrogen-bond acceptors (Lipinski definition) is 2. The second-order valence-electron chi connectivity index (χ2n) is 6.61. The molecule has 4 nitrogen and oxygen atoms in total. The molecule has 0 aliphatic heterocycles. The number of aliphatic hydroxyl groups is 1. The molecular weight excluding hydrogens is 439 g/mol. The molecule has 5 heteroatoms. The molecule has 1 unspecified atom stereocenters. The van der Waals surface area contributed by atoms with Crippen LogP contribution in [-0.4, -0.2) is 22.4 Å². The quantitative estimate of drug-likeness (QED) is 0.413. The molecule has 0 spiro atoms. The summed E-state index contributed by atoms with van der Waals surface area (Å²) in [4.78, 5) is 0. The van der Waals surface area contributed by atoms with Gasteiger partial charge in [0.15, 0.2) is 11.0 Å². The molecule has 1 atom stereocenters. The van der Waals surface area contributed by atoms with Crippen LogP contribution in [0, 0.1) is 13.8 Å². The standard InChI is InChI=1S/C21H27N2O2.HI/c1-5-20-22(4)18-11-6-7-12-19(18)23(20)13-17(24)14-25-21-15(2)9-8-10-16(21)3;/h6-12,17,24H,5,13-14H2,1-4H3;1H/q+1;/p-1. The first-order chi connectivity index (χ1) is 12.0. The lowest BCUT2D eigenvalue weighted by atomic mass is 10.1. The average Bonchev–Trinajstić information content (AvgIpc) is 2.86. The van der Waals surface area contributed by atoms with Gasteiger partial charge in [0.05, 0.1) is 7.05 Å². The Morgan fingerprint density at radius 3 is 2.38 bits per heavy atom. The SMILES string of the molecule is CCc1n(CC(O)COc2c(C)cccc2C)c2ccccc2[n+]1C.[I-]. The number of aryl methyl sites for hydroxylation is 3. The predicted molar refractivity (Wildman–Crippen MR) is 99.9 cm³/mol. The van der Waals surface area contributed by atoms with Crippen molar-refractivity contribution in [1.82, 2.24) is 4.57 Å². The summed E-state index contributed by atoms with van der Waals surface area (Å²) in [5, 5.41) is 10.6. The summed E-state index contributed by atoms with van der Waals surface area (Å²) in [5.74, 6) is 2.08. The second kappa shape index (κ2) is 8.86. The van der Waals surface area contributed by atoms with Crippen LogP contribution in [0.2, 0.25) is 0 Å². The van der Waals surface area contributed by atoms with E-state index in [2.05, 4.69) is 35.2 Å². The molecule has 0 radical (unpaired) electrons. The molecule has 0 saturated heterocycles. The molecule has 140 valence electrons. The Morgan fingerprint density at radius 2 is 1.73 bits per heavy atom. The van der Waals surface area contributed by atoms with Crippen LogP contribution in [0.4, 0.5) is 0 Å². The van der Waals surface area contributed by atoms with Gasteiger partial charge in [-0.15, -0.1) is 0 Å². The maximum absolute atomic E-state index is 10.6. The fourth-order valence-corrected chi connectivity index (χ4v) is 3.54. The Morgan fingerprint density at radius 1 is 1.08 bits per heavy atom. The number of aliphatic hydroxyl groups excluding tert-OH is 1. The van der Waals surface area contributed by atoms with Gasteiger partial charge in [-0.05, 0) is 37.1 Å². The molecule has 3 rings (SSSR count). The summed E-state index contributed by atoms with van der Waals surface area (Å²) in [6.45, 7) is 7.01. The fraction of sp³-hybridized carbons (Fsp3) is 0.381. The van der Waals surface area contributed by atoms with Crippen molar-refractivity contribution in [1.29, 1.82) is 0 Å². The molecule has 1 heterocycles. The second-order valence-corrected chi connectivity index (χ2v) is 6.61. The minimum Gasteiger partial charge on any atom is -1.00 e. The maximum Gasteiger partial charge on any atom is 0.256 e. The van der Waals surface area contributed by atoms with Crippen molar-refractivity contribution in [2.75, 3.05) is 6.61 Å². The largest absolute Gasteiger partial charge is 1.00 e. The van der Waals surface area contributed by atoms with Crippen molar-refractivity contribution in [3.05, 3.63) is 59.4 Å². The number of para-hydroxylation sites is 3. The van der Waals surface area contributed by atoms with Crippen LogP contribution in [0.25, 0.3) is 11.0 Å². The summed E-state index contributed by atoms with van der Waals surface area (Å²) in [5.41, 5.74) is 4.52. The van der Waals surface area contributed by atoms with Crippen LogP contribution in [0.1, 0.15) is 23.9 Å². The highest BCUT2D eigenvalue weighted by atomic mass is 127. The van der Waals surface area contributed by atoms with Crippen molar-refractivity contribution < 1.29 is 38.4 Å². The zero-order valence-electron chi connectivity index (χ0n) is 15.9. The predicted octanol–water partition coefficient (Wildman–Crippen LogP) is 0.0889. The van der Waals surface area contributed by atoms with Gasteiger partial charge < -0.3 is 33.8 Å². The highest BCUT2D eigenvalue weighted by molar-refractivity contribution is 5.72. The first-order valence-electron chi connectivity index (χ1n) is 8.86. The number of fused-ring (bicyclic) bond motifs is 1. The van der Waals surface area contributed by atoms with Crippen LogP contribution in [0.5, 0.6) is 5.75 Å². The summed E-state index contributed by atoms with van der Waals surface area (Å²) < 4.78 is 10.3. The van der Waals surface area contributed by atoms with Crippen LogP contribution in [-0.2, 0) is 20.0 Å². The highest BCUT2D eigenvalue weighted by Crippen LogP contribution is 2.22. The molecule has 3 aromatic rings. The van der Waals surface area contributed by atoms with Gasteiger partial charge in [0.2, 0.25) is 0 Å². The third kappa shape index (κ3) is 4.04. The molecular formula is C21H27IN2O2. The molecule has 1 aromatic heterocycles. The van der Waals surface area contributed by atoms with E-state index in [1.807, 2.05) is 44.2 Å². The highest BCUT2D eigenvalue weighted by Gasteiger charge is 2.23. The first kappa shape index (κ1) is 20.7.